The predicted molar refractivity (Wildman–Crippen MR) is 95.4 cm³/mol. The van der Waals surface area contributed by atoms with Crippen LogP contribution in [0.3, 0.4) is 0 Å². The lowest BCUT2D eigenvalue weighted by Crippen LogP contribution is -2.37. The van der Waals surface area contributed by atoms with Gasteiger partial charge in [0.25, 0.3) is 0 Å². The fraction of sp³-hybridized carbons (Fsp3) is 0.350. The molecule has 0 aliphatic rings. The summed E-state index contributed by atoms with van der Waals surface area (Å²) in [6.45, 7) is 2.34. The summed E-state index contributed by atoms with van der Waals surface area (Å²) in [5, 5.41) is 0. The lowest BCUT2D eigenvalue weighted by Gasteiger charge is -2.27. The Labute approximate surface area is 152 Å². The second-order valence-electron chi connectivity index (χ2n) is 6.46. The highest BCUT2D eigenvalue weighted by atomic mass is 19.4. The van der Waals surface area contributed by atoms with Crippen molar-refractivity contribution < 1.29 is 18.0 Å². The van der Waals surface area contributed by atoms with Gasteiger partial charge in [0.05, 0.1) is 18.2 Å². The van der Waals surface area contributed by atoms with E-state index in [1.165, 1.54) is 6.07 Å². The zero-order valence-corrected chi connectivity index (χ0v) is 15.1. The smallest absolute Gasteiger partial charge is 0.338 e. The monoisotopic (exact) mass is 364 g/mol. The summed E-state index contributed by atoms with van der Waals surface area (Å²) in [5.41, 5.74) is 0.877. The van der Waals surface area contributed by atoms with E-state index in [4.69, 9.17) is 0 Å². The molecular weight excluding hydrogens is 341 g/mol. The summed E-state index contributed by atoms with van der Waals surface area (Å²) in [4.78, 5) is 15.9. The van der Waals surface area contributed by atoms with E-state index in [1.807, 2.05) is 37.3 Å². The number of benzene rings is 2. The Morgan fingerprint density at radius 3 is 2.31 bits per heavy atom. The van der Waals surface area contributed by atoms with Crippen LogP contribution >= 0.6 is 0 Å². The quantitative estimate of drug-likeness (QED) is 0.761. The van der Waals surface area contributed by atoms with Crippen LogP contribution in [0.25, 0.3) is 0 Å². The van der Waals surface area contributed by atoms with Crippen molar-refractivity contribution in [3.63, 3.8) is 0 Å². The van der Waals surface area contributed by atoms with Crippen LogP contribution in [-0.2, 0) is 17.5 Å². The first-order valence-corrected chi connectivity index (χ1v) is 8.33. The van der Waals surface area contributed by atoms with Crippen molar-refractivity contribution in [3.8, 4) is 0 Å². The van der Waals surface area contributed by atoms with Crippen LogP contribution in [0.15, 0.2) is 54.6 Å². The maximum Gasteiger partial charge on any atom is 0.416 e. The van der Waals surface area contributed by atoms with E-state index in [0.29, 0.717) is 5.56 Å². The fourth-order valence-corrected chi connectivity index (χ4v) is 2.73. The number of carbonyl (C=O) groups is 1. The highest BCUT2D eigenvalue weighted by Crippen LogP contribution is 2.29. The van der Waals surface area contributed by atoms with Gasteiger partial charge in [-0.25, -0.2) is 0 Å². The average molecular weight is 364 g/mol. The van der Waals surface area contributed by atoms with Gasteiger partial charge >= 0.3 is 6.18 Å². The number of nitrogens with zero attached hydrogens (tertiary/aromatic N) is 2. The van der Waals surface area contributed by atoms with Gasteiger partial charge in [0.1, 0.15) is 0 Å². The maximum atomic E-state index is 12.8. The Balaban J connectivity index is 1.97. The first-order chi connectivity index (χ1) is 12.2. The first-order valence-electron chi connectivity index (χ1n) is 8.33. The van der Waals surface area contributed by atoms with E-state index in [2.05, 4.69) is 0 Å². The largest absolute Gasteiger partial charge is 0.416 e. The maximum absolute atomic E-state index is 12.8. The molecule has 0 aliphatic carbocycles. The highest BCUT2D eigenvalue weighted by Gasteiger charge is 2.30. The number of hydrogen-bond acceptors (Lipinski definition) is 2. The van der Waals surface area contributed by atoms with Crippen LogP contribution in [0, 0.1) is 0 Å². The van der Waals surface area contributed by atoms with Gasteiger partial charge in [-0.15, -0.1) is 0 Å². The molecule has 0 bridgehead atoms. The molecule has 2 aromatic carbocycles. The number of hydrogen-bond donors (Lipinski definition) is 0. The predicted octanol–water partition coefficient (Wildman–Crippen LogP) is 4.36. The van der Waals surface area contributed by atoms with E-state index in [0.717, 1.165) is 17.7 Å². The van der Waals surface area contributed by atoms with Crippen LogP contribution in [0.5, 0.6) is 0 Å². The molecule has 26 heavy (non-hydrogen) atoms. The third kappa shape index (κ3) is 5.33. The number of halogens is 3. The number of amides is 1. The third-order valence-corrected chi connectivity index (χ3v) is 4.37. The second-order valence-corrected chi connectivity index (χ2v) is 6.46. The standard InChI is InChI=1S/C20H23F3N2O/c1-15(17-9-5-4-6-10-17)25(3)19(26)14-24(2)13-16-8-7-11-18(12-16)20(21,22)23/h4-12,15H,13-14H2,1-3H3. The summed E-state index contributed by atoms with van der Waals surface area (Å²) >= 11 is 0. The molecule has 140 valence electrons. The summed E-state index contributed by atoms with van der Waals surface area (Å²) in [6, 6.07) is 14.8. The minimum absolute atomic E-state index is 0.0781. The molecule has 2 rings (SSSR count). The first kappa shape index (κ1) is 20.0. The van der Waals surface area contributed by atoms with Crippen LogP contribution in [0.1, 0.15) is 29.7 Å². The number of alkyl halides is 3. The summed E-state index contributed by atoms with van der Waals surface area (Å²) < 4.78 is 38.4. The molecule has 0 fully saturated rings. The SMILES string of the molecule is CC(c1ccccc1)N(C)C(=O)CN(C)Cc1cccc(C(F)(F)F)c1. The summed E-state index contributed by atoms with van der Waals surface area (Å²) in [7, 11) is 3.46. The number of carbonyl (C=O) groups excluding carboxylic acids is 1. The molecule has 6 heteroatoms. The van der Waals surface area contributed by atoms with Gasteiger partial charge in [0.15, 0.2) is 0 Å². The van der Waals surface area contributed by atoms with Crippen LogP contribution in [0.4, 0.5) is 13.2 Å². The Bertz CT molecular complexity index is 731. The van der Waals surface area contributed by atoms with Gasteiger partial charge < -0.3 is 4.90 Å². The van der Waals surface area contributed by atoms with Crippen molar-refractivity contribution in [1.29, 1.82) is 0 Å². The molecule has 0 N–H and O–H groups in total. The van der Waals surface area contributed by atoms with E-state index in [1.54, 1.807) is 30.0 Å². The topological polar surface area (TPSA) is 23.6 Å². The van der Waals surface area contributed by atoms with E-state index in [9.17, 15) is 18.0 Å². The summed E-state index contributed by atoms with van der Waals surface area (Å²) in [5.74, 6) is -0.0872. The molecule has 2 aromatic rings. The normalized spacial score (nSPS) is 12.9. The Morgan fingerprint density at radius 1 is 1.04 bits per heavy atom. The van der Waals surface area contributed by atoms with Gasteiger partial charge in [0.2, 0.25) is 5.91 Å². The molecule has 1 amide bonds. The van der Waals surface area contributed by atoms with Crippen LogP contribution in [-0.4, -0.2) is 36.3 Å². The molecule has 1 atom stereocenters. The lowest BCUT2D eigenvalue weighted by atomic mass is 10.1. The Morgan fingerprint density at radius 2 is 1.69 bits per heavy atom. The second kappa shape index (κ2) is 8.36. The van der Waals surface area contributed by atoms with E-state index >= 15 is 0 Å². The average Bonchev–Trinajstić information content (AvgIpc) is 2.60. The number of rotatable bonds is 6. The van der Waals surface area contributed by atoms with Gasteiger partial charge in [-0.1, -0.05) is 48.5 Å². The molecule has 0 heterocycles. The molecule has 0 saturated heterocycles. The molecule has 0 spiro atoms. The minimum Gasteiger partial charge on any atom is -0.338 e. The van der Waals surface area contributed by atoms with Crippen molar-refractivity contribution in [1.82, 2.24) is 9.80 Å². The van der Waals surface area contributed by atoms with Gasteiger partial charge in [-0.3, -0.25) is 9.69 Å². The lowest BCUT2D eigenvalue weighted by molar-refractivity contribution is -0.137. The molecule has 0 saturated carbocycles. The molecule has 0 radical (unpaired) electrons. The summed E-state index contributed by atoms with van der Waals surface area (Å²) in [6.07, 6.45) is -4.37. The van der Waals surface area contributed by atoms with Crippen molar-refractivity contribution in [2.75, 3.05) is 20.6 Å². The molecule has 3 nitrogen and oxygen atoms in total. The Kier molecular flexibility index (Phi) is 6.42. The van der Waals surface area contributed by atoms with Gasteiger partial charge in [-0.2, -0.15) is 13.2 Å². The molecule has 0 aliphatic heterocycles. The van der Waals surface area contributed by atoms with Crippen LogP contribution < -0.4 is 0 Å². The number of likely N-dealkylation sites (N-methyl/N-ethyl adjacent to an activating group) is 2. The zero-order valence-electron chi connectivity index (χ0n) is 15.1. The zero-order chi connectivity index (χ0) is 19.3. The van der Waals surface area contributed by atoms with Crippen molar-refractivity contribution in [3.05, 3.63) is 71.3 Å². The molecule has 1 unspecified atom stereocenters. The Hall–Kier alpha value is -2.34. The fourth-order valence-electron chi connectivity index (χ4n) is 2.73. The van der Waals surface area contributed by atoms with Gasteiger partial charge in [0, 0.05) is 13.6 Å². The van der Waals surface area contributed by atoms with E-state index < -0.39 is 11.7 Å². The highest BCUT2D eigenvalue weighted by molar-refractivity contribution is 5.78. The van der Waals surface area contributed by atoms with Gasteiger partial charge in [-0.05, 0) is 31.2 Å². The minimum atomic E-state index is -4.37. The van der Waals surface area contributed by atoms with Crippen LogP contribution in [0.2, 0.25) is 0 Å². The molecular formula is C20H23F3N2O. The third-order valence-electron chi connectivity index (χ3n) is 4.37. The van der Waals surface area contributed by atoms with Crippen molar-refractivity contribution in [2.45, 2.75) is 25.7 Å². The molecule has 0 aromatic heterocycles. The van der Waals surface area contributed by atoms with E-state index in [-0.39, 0.29) is 25.0 Å². The van der Waals surface area contributed by atoms with Crippen molar-refractivity contribution >= 4 is 5.91 Å². The van der Waals surface area contributed by atoms with Crippen molar-refractivity contribution in [2.24, 2.45) is 0 Å².